The van der Waals surface area contributed by atoms with Gasteiger partial charge < -0.3 is 14.6 Å². The maximum Gasteiger partial charge on any atom is 0.274 e. The fraction of sp³-hybridized carbons (Fsp3) is 0.353. The van der Waals surface area contributed by atoms with Gasteiger partial charge >= 0.3 is 0 Å². The van der Waals surface area contributed by atoms with Gasteiger partial charge in [0.05, 0.1) is 13.2 Å². The summed E-state index contributed by atoms with van der Waals surface area (Å²) in [6.07, 6.45) is 2.20. The predicted octanol–water partition coefficient (Wildman–Crippen LogP) is 1.24. The zero-order valence-electron chi connectivity index (χ0n) is 13.6. The molecule has 2 aliphatic rings. The number of carbonyl (C=O) groups excluding carboxylic acids is 1. The van der Waals surface area contributed by atoms with Gasteiger partial charge in [-0.1, -0.05) is 18.2 Å². The number of para-hydroxylation sites is 1. The van der Waals surface area contributed by atoms with Crippen molar-refractivity contribution in [1.29, 1.82) is 0 Å². The molecule has 4 rings (SSSR count). The first-order chi connectivity index (χ1) is 12.1. The van der Waals surface area contributed by atoms with Crippen molar-refractivity contribution in [2.75, 3.05) is 37.7 Å². The number of aromatic nitrogens is 1. The molecule has 1 saturated heterocycles. The van der Waals surface area contributed by atoms with E-state index in [0.717, 1.165) is 17.7 Å². The van der Waals surface area contributed by atoms with Crippen molar-refractivity contribution >= 4 is 21.6 Å². The van der Waals surface area contributed by atoms with Crippen molar-refractivity contribution in [2.45, 2.75) is 11.3 Å². The summed E-state index contributed by atoms with van der Waals surface area (Å²) in [5.74, 6) is -0.214. The average Bonchev–Trinajstić information content (AvgIpc) is 3.30. The lowest BCUT2D eigenvalue weighted by Crippen LogP contribution is -2.40. The standard InChI is InChI=1S/C17H19N3O4S/c21-17(20-6-5-13-3-1-2-4-16(13)20)15-11-14(12-18-15)25(22,23)19-7-9-24-10-8-19/h1-4,11-12,18H,5-10H2. The number of nitrogens with one attached hydrogen (secondary N) is 1. The van der Waals surface area contributed by atoms with Gasteiger partial charge in [-0.25, -0.2) is 8.42 Å². The van der Waals surface area contributed by atoms with E-state index in [1.54, 1.807) is 4.90 Å². The van der Waals surface area contributed by atoms with Gasteiger partial charge in [-0.05, 0) is 24.1 Å². The molecule has 132 valence electrons. The van der Waals surface area contributed by atoms with E-state index in [2.05, 4.69) is 4.98 Å². The number of amides is 1. The number of carbonyl (C=O) groups is 1. The van der Waals surface area contributed by atoms with Gasteiger partial charge in [0.1, 0.15) is 10.6 Å². The van der Waals surface area contributed by atoms with E-state index >= 15 is 0 Å². The number of ether oxygens (including phenoxy) is 1. The summed E-state index contributed by atoms with van der Waals surface area (Å²) < 4.78 is 31.9. The number of morpholine rings is 1. The molecular formula is C17H19N3O4S. The monoisotopic (exact) mass is 361 g/mol. The van der Waals surface area contributed by atoms with Crippen LogP contribution in [-0.4, -0.2) is 56.5 Å². The van der Waals surface area contributed by atoms with Crippen LogP contribution in [0.5, 0.6) is 0 Å². The van der Waals surface area contributed by atoms with Crippen LogP contribution in [0.1, 0.15) is 16.1 Å². The summed E-state index contributed by atoms with van der Waals surface area (Å²) in [6, 6.07) is 9.19. The number of hydrogen-bond acceptors (Lipinski definition) is 4. The number of nitrogens with zero attached hydrogens (tertiary/aromatic N) is 2. The fourth-order valence-electron chi connectivity index (χ4n) is 3.28. The lowest BCUT2D eigenvalue weighted by atomic mass is 10.2. The average molecular weight is 361 g/mol. The Morgan fingerprint density at radius 1 is 1.12 bits per heavy atom. The number of sulfonamides is 1. The third-order valence-corrected chi connectivity index (χ3v) is 6.50. The molecule has 0 aliphatic carbocycles. The molecule has 1 N–H and O–H groups in total. The van der Waals surface area contributed by atoms with Crippen LogP contribution < -0.4 is 4.90 Å². The second-order valence-corrected chi connectivity index (χ2v) is 8.04. The molecule has 3 heterocycles. The number of aromatic amines is 1. The van der Waals surface area contributed by atoms with Gasteiger partial charge in [-0.15, -0.1) is 0 Å². The Labute approximate surface area is 146 Å². The van der Waals surface area contributed by atoms with Crippen LogP contribution in [0.15, 0.2) is 41.4 Å². The lowest BCUT2D eigenvalue weighted by Gasteiger charge is -2.25. The molecule has 25 heavy (non-hydrogen) atoms. The number of rotatable bonds is 3. The van der Waals surface area contributed by atoms with E-state index in [-0.39, 0.29) is 16.5 Å². The molecule has 0 bridgehead atoms. The summed E-state index contributed by atoms with van der Waals surface area (Å²) in [7, 11) is -3.61. The van der Waals surface area contributed by atoms with E-state index < -0.39 is 10.0 Å². The molecule has 0 spiro atoms. The minimum atomic E-state index is -3.61. The zero-order valence-corrected chi connectivity index (χ0v) is 14.5. The zero-order chi connectivity index (χ0) is 17.4. The summed E-state index contributed by atoms with van der Waals surface area (Å²) in [5.41, 5.74) is 2.30. The SMILES string of the molecule is O=C(c1cc(S(=O)(=O)N2CCOCC2)c[nH]1)N1CCc2ccccc21. The maximum atomic E-state index is 12.8. The number of benzene rings is 1. The normalized spacial score (nSPS) is 18.3. The molecule has 0 radical (unpaired) electrons. The van der Waals surface area contributed by atoms with E-state index in [0.29, 0.717) is 32.8 Å². The molecule has 1 aromatic carbocycles. The first-order valence-electron chi connectivity index (χ1n) is 8.23. The summed E-state index contributed by atoms with van der Waals surface area (Å²) in [6.45, 7) is 2.04. The predicted molar refractivity (Wildman–Crippen MR) is 92.2 cm³/mol. The Kier molecular flexibility index (Phi) is 4.10. The van der Waals surface area contributed by atoms with Crippen molar-refractivity contribution in [3.63, 3.8) is 0 Å². The first kappa shape index (κ1) is 16.3. The van der Waals surface area contributed by atoms with Crippen LogP contribution >= 0.6 is 0 Å². The summed E-state index contributed by atoms with van der Waals surface area (Å²) >= 11 is 0. The number of hydrogen-bond donors (Lipinski definition) is 1. The van der Waals surface area contributed by atoms with E-state index in [4.69, 9.17) is 4.74 Å². The largest absolute Gasteiger partial charge is 0.379 e. The number of fused-ring (bicyclic) bond motifs is 1. The molecule has 7 nitrogen and oxygen atoms in total. The van der Waals surface area contributed by atoms with Gasteiger partial charge in [-0.3, -0.25) is 4.79 Å². The molecule has 1 aromatic heterocycles. The topological polar surface area (TPSA) is 82.7 Å². The quantitative estimate of drug-likeness (QED) is 0.892. The molecular weight excluding hydrogens is 342 g/mol. The van der Waals surface area contributed by atoms with Gasteiger partial charge in [0.2, 0.25) is 10.0 Å². The fourth-order valence-corrected chi connectivity index (χ4v) is 4.68. The smallest absolute Gasteiger partial charge is 0.274 e. The second kappa shape index (κ2) is 6.29. The highest BCUT2D eigenvalue weighted by Crippen LogP contribution is 2.29. The Morgan fingerprint density at radius 3 is 2.68 bits per heavy atom. The van der Waals surface area contributed by atoms with Crippen LogP contribution in [0.4, 0.5) is 5.69 Å². The minimum absolute atomic E-state index is 0.116. The van der Waals surface area contributed by atoms with Crippen molar-refractivity contribution in [3.05, 3.63) is 47.8 Å². The third kappa shape index (κ3) is 2.86. The molecule has 0 atom stereocenters. The van der Waals surface area contributed by atoms with Crippen LogP contribution in [0.2, 0.25) is 0 Å². The highest BCUT2D eigenvalue weighted by molar-refractivity contribution is 7.89. The Hall–Kier alpha value is -2.16. The van der Waals surface area contributed by atoms with Crippen molar-refractivity contribution in [3.8, 4) is 0 Å². The van der Waals surface area contributed by atoms with Gasteiger partial charge in [-0.2, -0.15) is 4.31 Å². The second-order valence-electron chi connectivity index (χ2n) is 6.10. The van der Waals surface area contributed by atoms with Crippen LogP contribution in [-0.2, 0) is 21.2 Å². The van der Waals surface area contributed by atoms with Crippen molar-refractivity contribution < 1.29 is 17.9 Å². The van der Waals surface area contributed by atoms with Crippen LogP contribution in [0.25, 0.3) is 0 Å². The van der Waals surface area contributed by atoms with Crippen molar-refractivity contribution in [2.24, 2.45) is 0 Å². The van der Waals surface area contributed by atoms with E-state index in [1.165, 1.54) is 16.6 Å². The van der Waals surface area contributed by atoms with Gasteiger partial charge in [0.15, 0.2) is 0 Å². The molecule has 2 aliphatic heterocycles. The number of anilines is 1. The minimum Gasteiger partial charge on any atom is -0.379 e. The van der Waals surface area contributed by atoms with Crippen molar-refractivity contribution in [1.82, 2.24) is 9.29 Å². The van der Waals surface area contributed by atoms with Gasteiger partial charge in [0.25, 0.3) is 5.91 Å². The molecule has 2 aromatic rings. The Morgan fingerprint density at radius 2 is 1.88 bits per heavy atom. The first-order valence-corrected chi connectivity index (χ1v) is 9.67. The Bertz CT molecular complexity index is 900. The highest BCUT2D eigenvalue weighted by Gasteiger charge is 2.30. The summed E-state index contributed by atoms with van der Waals surface area (Å²) in [4.78, 5) is 17.4. The van der Waals surface area contributed by atoms with Crippen LogP contribution in [0.3, 0.4) is 0 Å². The number of H-pyrrole nitrogens is 1. The van der Waals surface area contributed by atoms with Crippen LogP contribution in [0, 0.1) is 0 Å². The van der Waals surface area contributed by atoms with E-state index in [9.17, 15) is 13.2 Å². The summed E-state index contributed by atoms with van der Waals surface area (Å²) in [5, 5.41) is 0. The molecule has 1 amide bonds. The molecule has 8 heteroatoms. The molecule has 0 saturated carbocycles. The third-order valence-electron chi connectivity index (χ3n) is 4.63. The molecule has 1 fully saturated rings. The maximum absolute atomic E-state index is 12.8. The highest BCUT2D eigenvalue weighted by atomic mass is 32.2. The van der Waals surface area contributed by atoms with Gasteiger partial charge in [0, 0.05) is 31.5 Å². The lowest BCUT2D eigenvalue weighted by molar-refractivity contribution is 0.0730. The molecule has 0 unspecified atom stereocenters. The Balaban J connectivity index is 1.58. The van der Waals surface area contributed by atoms with E-state index in [1.807, 2.05) is 24.3 Å².